The molecule has 0 aliphatic carbocycles. The molecule has 0 saturated heterocycles. The quantitative estimate of drug-likeness (QED) is 0.308. The molecule has 0 N–H and O–H groups in total. The third kappa shape index (κ3) is 5.40. The number of ether oxygens (including phenoxy) is 1. The molecule has 0 rings (SSSR count). The molecule has 0 aliphatic rings. The van der Waals surface area contributed by atoms with Crippen LogP contribution in [0.1, 0.15) is 27.2 Å². The number of rotatable bonds is 5. The fourth-order valence-electron chi connectivity index (χ4n) is 0.972. The summed E-state index contributed by atoms with van der Waals surface area (Å²) in [6, 6.07) is -3.57. The highest BCUT2D eigenvalue weighted by molar-refractivity contribution is 5.34. The average molecular weight is 219 g/mol. The number of alkyl halides is 2. The van der Waals surface area contributed by atoms with Gasteiger partial charge in [-0.15, -0.1) is 11.6 Å². The van der Waals surface area contributed by atoms with E-state index in [1.807, 2.05) is 0 Å². The van der Waals surface area contributed by atoms with E-state index in [9.17, 15) is 13.6 Å². The van der Waals surface area contributed by atoms with E-state index in [0.717, 1.165) is 6.08 Å². The van der Waals surface area contributed by atoms with Crippen LogP contribution in [-0.4, -0.2) is 23.8 Å². The third-order valence-corrected chi connectivity index (χ3v) is 1.46. The Kier molecular flexibility index (Phi) is 4.78. The van der Waals surface area contributed by atoms with Crippen molar-refractivity contribution in [3.05, 3.63) is 12.7 Å². The Morgan fingerprint density at radius 3 is 2.40 bits per heavy atom. The third-order valence-electron chi connectivity index (χ3n) is 1.46. The maximum atomic E-state index is 13.2. The summed E-state index contributed by atoms with van der Waals surface area (Å²) in [6.45, 7) is 8.28. The van der Waals surface area contributed by atoms with Gasteiger partial charge < -0.3 is 4.74 Å². The van der Waals surface area contributed by atoms with Crippen LogP contribution >= 0.6 is 0 Å². The first-order valence-electron chi connectivity index (χ1n) is 4.48. The molecule has 0 radical (unpaired) electrons. The minimum absolute atomic E-state index is 0.0878. The number of aliphatic imine (C=N–C) groups is 1. The minimum atomic E-state index is -3.57. The van der Waals surface area contributed by atoms with Crippen molar-refractivity contribution in [2.24, 2.45) is 4.99 Å². The zero-order valence-electron chi connectivity index (χ0n) is 9.09. The number of isocyanates is 1. The van der Waals surface area contributed by atoms with Crippen LogP contribution in [-0.2, 0) is 9.53 Å². The lowest BCUT2D eigenvalue weighted by Gasteiger charge is -2.29. The maximum Gasteiger partial charge on any atom is 0.378 e. The normalized spacial score (nSPS) is 14.2. The van der Waals surface area contributed by atoms with Crippen molar-refractivity contribution in [1.82, 2.24) is 0 Å². The molecule has 0 fully saturated rings. The van der Waals surface area contributed by atoms with Crippen molar-refractivity contribution in [1.29, 1.82) is 0 Å². The van der Waals surface area contributed by atoms with Crippen LogP contribution in [0.15, 0.2) is 17.6 Å². The number of carbonyl (C=O) groups excluding carboxylic acids is 1. The van der Waals surface area contributed by atoms with Gasteiger partial charge in [-0.1, -0.05) is 6.08 Å². The van der Waals surface area contributed by atoms with Gasteiger partial charge in [0, 0.05) is 0 Å². The number of hydrogen-bond donors (Lipinski definition) is 0. The van der Waals surface area contributed by atoms with Gasteiger partial charge in [0.15, 0.2) is 0 Å². The molecule has 0 saturated carbocycles. The van der Waals surface area contributed by atoms with Crippen molar-refractivity contribution >= 4 is 6.08 Å². The van der Waals surface area contributed by atoms with Crippen LogP contribution in [0.4, 0.5) is 8.78 Å². The summed E-state index contributed by atoms with van der Waals surface area (Å²) in [7, 11) is 0. The van der Waals surface area contributed by atoms with Crippen LogP contribution in [0.2, 0.25) is 0 Å². The van der Waals surface area contributed by atoms with Crippen molar-refractivity contribution in [3.63, 3.8) is 0 Å². The fraction of sp³-hybridized carbons (Fsp3) is 0.700. The minimum Gasteiger partial charge on any atom is -0.364 e. The smallest absolute Gasteiger partial charge is 0.364 e. The summed E-state index contributed by atoms with van der Waals surface area (Å²) in [5.41, 5.74) is -0.741. The number of halogens is 2. The van der Waals surface area contributed by atoms with Crippen molar-refractivity contribution in [3.8, 4) is 0 Å². The highest BCUT2D eigenvalue weighted by atomic mass is 19.3. The highest BCUT2D eigenvalue weighted by Crippen LogP contribution is 2.28. The zero-order valence-corrected chi connectivity index (χ0v) is 9.09. The van der Waals surface area contributed by atoms with Gasteiger partial charge in [-0.2, -0.15) is 8.78 Å². The molecule has 1 atom stereocenters. The van der Waals surface area contributed by atoms with E-state index in [-0.39, 0.29) is 6.42 Å². The van der Waals surface area contributed by atoms with Gasteiger partial charge in [-0.3, -0.25) is 0 Å². The van der Waals surface area contributed by atoms with E-state index in [0.29, 0.717) is 0 Å². The predicted octanol–water partition coefficient (Wildman–Crippen LogP) is 2.67. The lowest BCUT2D eigenvalue weighted by Crippen LogP contribution is -2.39. The topological polar surface area (TPSA) is 38.7 Å². The lowest BCUT2D eigenvalue weighted by molar-refractivity contribution is -0.173. The van der Waals surface area contributed by atoms with Gasteiger partial charge in [0.25, 0.3) is 0 Å². The maximum absolute atomic E-state index is 13.2. The average Bonchev–Trinajstić information content (AvgIpc) is 2.01. The first-order chi connectivity index (χ1) is 6.73. The molecule has 5 heteroatoms. The van der Waals surface area contributed by atoms with Crippen molar-refractivity contribution < 1.29 is 18.3 Å². The first-order valence-corrected chi connectivity index (χ1v) is 4.48. The molecular weight excluding hydrogens is 204 g/mol. The monoisotopic (exact) mass is 219 g/mol. The summed E-state index contributed by atoms with van der Waals surface area (Å²) < 4.78 is 31.5. The van der Waals surface area contributed by atoms with Crippen LogP contribution in [0.3, 0.4) is 0 Å². The molecule has 0 spiro atoms. The fourth-order valence-corrected chi connectivity index (χ4v) is 0.972. The Morgan fingerprint density at radius 1 is 1.53 bits per heavy atom. The van der Waals surface area contributed by atoms with E-state index < -0.39 is 17.8 Å². The molecule has 15 heavy (non-hydrogen) atoms. The molecule has 0 amide bonds. The first kappa shape index (κ1) is 13.9. The summed E-state index contributed by atoms with van der Waals surface area (Å²) in [5.74, 6) is 0. The van der Waals surface area contributed by atoms with Gasteiger partial charge in [-0.05, 0) is 27.2 Å². The molecular formula is C10H15F2NO2. The van der Waals surface area contributed by atoms with Gasteiger partial charge >= 0.3 is 6.05 Å². The summed E-state index contributed by atoms with van der Waals surface area (Å²) in [4.78, 5) is 12.3. The van der Waals surface area contributed by atoms with Gasteiger partial charge in [-0.25, -0.2) is 4.79 Å². The molecule has 1 unspecified atom stereocenters. The molecule has 0 bridgehead atoms. The Morgan fingerprint density at radius 2 is 2.07 bits per heavy atom. The number of nitrogens with zero attached hydrogens (tertiary/aromatic N) is 1. The van der Waals surface area contributed by atoms with Crippen LogP contribution in [0.25, 0.3) is 0 Å². The lowest BCUT2D eigenvalue weighted by atomic mass is 10.1. The molecule has 0 aromatic carbocycles. The molecule has 0 heterocycles. The Bertz CT molecular complexity index is 265. The SMILES string of the molecule is C=CCC(OC(C)(C)C)C(F)(F)N=C=O. The number of hydrogen-bond acceptors (Lipinski definition) is 3. The van der Waals surface area contributed by atoms with Crippen LogP contribution < -0.4 is 0 Å². The molecule has 0 aromatic heterocycles. The van der Waals surface area contributed by atoms with E-state index >= 15 is 0 Å². The summed E-state index contributed by atoms with van der Waals surface area (Å²) in [6.07, 6.45) is 0.562. The summed E-state index contributed by atoms with van der Waals surface area (Å²) in [5, 5.41) is 0. The molecule has 0 aromatic rings. The second-order valence-corrected chi connectivity index (χ2v) is 4.03. The van der Waals surface area contributed by atoms with E-state index in [4.69, 9.17) is 4.74 Å². The highest BCUT2D eigenvalue weighted by Gasteiger charge is 2.41. The Balaban J connectivity index is 4.79. The summed E-state index contributed by atoms with van der Waals surface area (Å²) >= 11 is 0. The van der Waals surface area contributed by atoms with Gasteiger partial charge in [0.1, 0.15) is 6.10 Å². The van der Waals surface area contributed by atoms with Crippen LogP contribution in [0.5, 0.6) is 0 Å². The Hall–Kier alpha value is -1.06. The van der Waals surface area contributed by atoms with Gasteiger partial charge in [0.05, 0.1) is 5.60 Å². The van der Waals surface area contributed by atoms with E-state index in [2.05, 4.69) is 11.6 Å². The van der Waals surface area contributed by atoms with Gasteiger partial charge in [0.2, 0.25) is 6.08 Å². The van der Waals surface area contributed by atoms with Crippen LogP contribution in [0, 0.1) is 0 Å². The molecule has 3 nitrogen and oxygen atoms in total. The molecule has 86 valence electrons. The zero-order chi connectivity index (χ0) is 12.1. The van der Waals surface area contributed by atoms with Crippen molar-refractivity contribution in [2.75, 3.05) is 0 Å². The Labute approximate surface area is 87.8 Å². The second kappa shape index (κ2) is 5.14. The van der Waals surface area contributed by atoms with Crippen molar-refractivity contribution in [2.45, 2.75) is 44.9 Å². The largest absolute Gasteiger partial charge is 0.378 e. The predicted molar refractivity (Wildman–Crippen MR) is 52.5 cm³/mol. The second-order valence-electron chi connectivity index (χ2n) is 4.03. The molecule has 0 aliphatic heterocycles. The standard InChI is InChI=1S/C10H15F2NO2/c1-5-6-8(15-9(2,3)4)10(11,12)13-7-14/h5,8H,1,6H2,2-4H3. The van der Waals surface area contributed by atoms with E-state index in [1.165, 1.54) is 6.08 Å². The van der Waals surface area contributed by atoms with E-state index in [1.54, 1.807) is 20.8 Å².